The minimum atomic E-state index is -3.66. The first-order chi connectivity index (χ1) is 12.6. The minimum absolute atomic E-state index is 0.275. The standard InChI is InChI=1S/C17H17N3O3S3/c21-16(19-17-18-12-6-1-2-8-14(12)25-17)13-7-3-4-10-20(13)26(22,23)15-9-5-11-24-15/h1-2,5-6,8-9,11,13H,3-4,7,10H2,(H,18,19,21). The first-order valence-electron chi connectivity index (χ1n) is 8.27. The predicted molar refractivity (Wildman–Crippen MR) is 104 cm³/mol. The number of carbonyl (C=O) groups excluding carboxylic acids is 1. The fourth-order valence-electron chi connectivity index (χ4n) is 3.09. The summed E-state index contributed by atoms with van der Waals surface area (Å²) >= 11 is 2.56. The first kappa shape index (κ1) is 17.6. The van der Waals surface area contributed by atoms with Gasteiger partial charge in [0.05, 0.1) is 10.2 Å². The third-order valence-corrected chi connectivity index (χ3v) is 8.57. The van der Waals surface area contributed by atoms with Gasteiger partial charge in [-0.2, -0.15) is 4.31 Å². The monoisotopic (exact) mass is 407 g/mol. The lowest BCUT2D eigenvalue weighted by Crippen LogP contribution is -2.49. The molecule has 0 bridgehead atoms. The highest BCUT2D eigenvalue weighted by Crippen LogP contribution is 2.30. The Morgan fingerprint density at radius 2 is 2.04 bits per heavy atom. The Kier molecular flexibility index (Phi) is 4.78. The summed E-state index contributed by atoms with van der Waals surface area (Å²) in [5, 5.41) is 5.04. The molecule has 0 radical (unpaired) electrons. The SMILES string of the molecule is O=C(Nc1nc2ccccc2s1)C1CCCCN1S(=O)(=O)c1cccs1. The molecule has 1 amide bonds. The van der Waals surface area contributed by atoms with Crippen molar-refractivity contribution in [2.45, 2.75) is 29.5 Å². The summed E-state index contributed by atoms with van der Waals surface area (Å²) in [4.78, 5) is 17.2. The molecule has 1 aliphatic rings. The molecular weight excluding hydrogens is 390 g/mol. The molecule has 4 rings (SSSR count). The van der Waals surface area contributed by atoms with E-state index >= 15 is 0 Å². The van der Waals surface area contributed by atoms with Crippen LogP contribution in [-0.4, -0.2) is 36.2 Å². The van der Waals surface area contributed by atoms with Gasteiger partial charge in [0.1, 0.15) is 10.3 Å². The van der Waals surface area contributed by atoms with Crippen LogP contribution in [0.3, 0.4) is 0 Å². The van der Waals surface area contributed by atoms with Gasteiger partial charge in [-0.05, 0) is 36.4 Å². The smallest absolute Gasteiger partial charge is 0.253 e. The van der Waals surface area contributed by atoms with Crippen LogP contribution in [0.4, 0.5) is 5.13 Å². The number of hydrogen-bond acceptors (Lipinski definition) is 6. The van der Waals surface area contributed by atoms with Crippen LogP contribution < -0.4 is 5.32 Å². The van der Waals surface area contributed by atoms with Crippen LogP contribution >= 0.6 is 22.7 Å². The van der Waals surface area contributed by atoms with Crippen LogP contribution in [0.5, 0.6) is 0 Å². The van der Waals surface area contributed by atoms with Crippen molar-refractivity contribution in [3.8, 4) is 0 Å². The third kappa shape index (κ3) is 3.27. The normalized spacial score (nSPS) is 18.8. The van der Waals surface area contributed by atoms with Gasteiger partial charge in [-0.3, -0.25) is 4.79 Å². The largest absolute Gasteiger partial charge is 0.301 e. The van der Waals surface area contributed by atoms with E-state index in [1.54, 1.807) is 17.5 Å². The molecule has 2 aromatic heterocycles. The van der Waals surface area contributed by atoms with Crippen molar-refractivity contribution in [2.75, 3.05) is 11.9 Å². The number of para-hydroxylation sites is 1. The number of nitrogens with one attached hydrogen (secondary N) is 1. The molecule has 0 saturated carbocycles. The molecule has 1 aromatic carbocycles. The summed E-state index contributed by atoms with van der Waals surface area (Å²) in [6.07, 6.45) is 2.10. The Morgan fingerprint density at radius 3 is 2.81 bits per heavy atom. The third-order valence-electron chi connectivity index (χ3n) is 4.34. The first-order valence-corrected chi connectivity index (χ1v) is 11.4. The van der Waals surface area contributed by atoms with Crippen LogP contribution in [0.25, 0.3) is 10.2 Å². The second kappa shape index (κ2) is 7.07. The lowest BCUT2D eigenvalue weighted by Gasteiger charge is -2.32. The maximum atomic E-state index is 12.9. The minimum Gasteiger partial charge on any atom is -0.301 e. The van der Waals surface area contributed by atoms with Crippen LogP contribution in [0.2, 0.25) is 0 Å². The summed E-state index contributed by atoms with van der Waals surface area (Å²) < 4.78 is 28.4. The zero-order valence-electron chi connectivity index (χ0n) is 13.8. The summed E-state index contributed by atoms with van der Waals surface area (Å²) in [6, 6.07) is 10.2. The number of benzene rings is 1. The molecule has 3 heterocycles. The molecule has 3 aromatic rings. The van der Waals surface area contributed by atoms with Crippen molar-refractivity contribution in [3.05, 3.63) is 41.8 Å². The number of amides is 1. The molecule has 1 fully saturated rings. The van der Waals surface area contributed by atoms with E-state index in [1.807, 2.05) is 24.3 Å². The number of thiazole rings is 1. The zero-order chi connectivity index (χ0) is 18.1. The number of rotatable bonds is 4. The molecule has 0 aliphatic carbocycles. The molecule has 1 N–H and O–H groups in total. The van der Waals surface area contributed by atoms with Gasteiger partial charge in [-0.1, -0.05) is 36.0 Å². The average Bonchev–Trinajstić information content (AvgIpc) is 3.31. The summed E-state index contributed by atoms with van der Waals surface area (Å²) in [6.45, 7) is 0.359. The zero-order valence-corrected chi connectivity index (χ0v) is 16.2. The molecule has 6 nitrogen and oxygen atoms in total. The lowest BCUT2D eigenvalue weighted by atomic mass is 10.0. The van der Waals surface area contributed by atoms with E-state index in [4.69, 9.17) is 0 Å². The Hall–Kier alpha value is -1.81. The van der Waals surface area contributed by atoms with Crippen molar-refractivity contribution in [1.29, 1.82) is 0 Å². The van der Waals surface area contributed by atoms with Gasteiger partial charge in [0, 0.05) is 6.54 Å². The molecule has 1 saturated heterocycles. The Labute approximate surface area is 159 Å². The number of hydrogen-bond donors (Lipinski definition) is 1. The molecule has 0 spiro atoms. The number of sulfonamides is 1. The molecule has 26 heavy (non-hydrogen) atoms. The lowest BCUT2D eigenvalue weighted by molar-refractivity contribution is -0.120. The van der Waals surface area contributed by atoms with Crippen molar-refractivity contribution in [1.82, 2.24) is 9.29 Å². The predicted octanol–water partition coefficient (Wildman–Crippen LogP) is 3.54. The summed E-state index contributed by atoms with van der Waals surface area (Å²) in [5.74, 6) is -0.316. The van der Waals surface area contributed by atoms with Crippen LogP contribution in [0.1, 0.15) is 19.3 Å². The molecule has 1 aliphatic heterocycles. The molecule has 1 unspecified atom stereocenters. The average molecular weight is 408 g/mol. The van der Waals surface area contributed by atoms with Gasteiger partial charge in [0.2, 0.25) is 5.91 Å². The Morgan fingerprint density at radius 1 is 1.19 bits per heavy atom. The van der Waals surface area contributed by atoms with Gasteiger partial charge >= 0.3 is 0 Å². The number of anilines is 1. The van der Waals surface area contributed by atoms with Crippen molar-refractivity contribution >= 4 is 54.0 Å². The van der Waals surface area contributed by atoms with E-state index in [2.05, 4.69) is 10.3 Å². The Balaban J connectivity index is 1.58. The van der Waals surface area contributed by atoms with Crippen molar-refractivity contribution in [2.24, 2.45) is 0 Å². The van der Waals surface area contributed by atoms with Gasteiger partial charge in [0.15, 0.2) is 5.13 Å². The van der Waals surface area contributed by atoms with Crippen molar-refractivity contribution in [3.63, 3.8) is 0 Å². The molecule has 1 atom stereocenters. The van der Waals surface area contributed by atoms with E-state index in [0.29, 0.717) is 18.1 Å². The van der Waals surface area contributed by atoms with E-state index in [1.165, 1.54) is 27.0 Å². The number of carbonyl (C=O) groups is 1. The number of thiophene rings is 1. The maximum absolute atomic E-state index is 12.9. The van der Waals surface area contributed by atoms with Gasteiger partial charge in [-0.15, -0.1) is 11.3 Å². The second-order valence-electron chi connectivity index (χ2n) is 6.04. The van der Waals surface area contributed by atoms with Crippen LogP contribution in [0.15, 0.2) is 46.0 Å². The number of piperidine rings is 1. The van der Waals surface area contributed by atoms with E-state index in [9.17, 15) is 13.2 Å². The Bertz CT molecular complexity index is 995. The van der Waals surface area contributed by atoms with Crippen LogP contribution in [-0.2, 0) is 14.8 Å². The van der Waals surface area contributed by atoms with E-state index in [0.717, 1.165) is 23.1 Å². The fraction of sp³-hybridized carbons (Fsp3) is 0.294. The summed E-state index contributed by atoms with van der Waals surface area (Å²) in [7, 11) is -3.66. The molecular formula is C17H17N3O3S3. The number of aromatic nitrogens is 1. The fourth-order valence-corrected chi connectivity index (χ4v) is 6.74. The number of fused-ring (bicyclic) bond motifs is 1. The highest BCUT2D eigenvalue weighted by atomic mass is 32.2. The van der Waals surface area contributed by atoms with Gasteiger partial charge in [0.25, 0.3) is 10.0 Å². The second-order valence-corrected chi connectivity index (χ2v) is 10.1. The molecule has 9 heteroatoms. The van der Waals surface area contributed by atoms with E-state index < -0.39 is 16.1 Å². The highest BCUT2D eigenvalue weighted by molar-refractivity contribution is 7.91. The van der Waals surface area contributed by atoms with Crippen LogP contribution in [0, 0.1) is 0 Å². The quantitative estimate of drug-likeness (QED) is 0.717. The van der Waals surface area contributed by atoms with E-state index in [-0.39, 0.29) is 10.1 Å². The molecule has 136 valence electrons. The van der Waals surface area contributed by atoms with Crippen molar-refractivity contribution < 1.29 is 13.2 Å². The maximum Gasteiger partial charge on any atom is 0.253 e. The van der Waals surface area contributed by atoms with Gasteiger partial charge in [-0.25, -0.2) is 13.4 Å². The summed E-state index contributed by atoms with van der Waals surface area (Å²) in [5.41, 5.74) is 0.819. The van der Waals surface area contributed by atoms with Gasteiger partial charge < -0.3 is 5.32 Å². The topological polar surface area (TPSA) is 79.4 Å². The highest BCUT2D eigenvalue weighted by Gasteiger charge is 2.38. The number of nitrogens with zero attached hydrogens (tertiary/aromatic N) is 2.